The highest BCUT2D eigenvalue weighted by atomic mass is 79.9. The van der Waals surface area contributed by atoms with Crippen molar-refractivity contribution >= 4 is 39.9 Å². The van der Waals surface area contributed by atoms with Crippen molar-refractivity contribution in [2.45, 2.75) is 25.4 Å². The Kier molecular flexibility index (Phi) is 7.24. The molecule has 0 aliphatic carbocycles. The number of ether oxygens (including phenoxy) is 2. The molecule has 1 saturated heterocycles. The summed E-state index contributed by atoms with van der Waals surface area (Å²) in [7, 11) is 1.27. The Labute approximate surface area is 204 Å². The minimum absolute atomic E-state index is 0.0403. The number of aliphatic carboxylic acids is 1. The van der Waals surface area contributed by atoms with Gasteiger partial charge in [-0.1, -0.05) is 22.0 Å². The summed E-state index contributed by atoms with van der Waals surface area (Å²) in [6.45, 7) is 2.84. The Hall–Kier alpha value is -2.89. The maximum Gasteiger partial charge on any atom is 0.338 e. The maximum absolute atomic E-state index is 13.8. The third kappa shape index (κ3) is 4.82. The topological polar surface area (TPSA) is 113 Å². The maximum atomic E-state index is 13.8. The standard InChI is InChI=1S/C23H24BrFN4O5/c1-12-5-6-26-19(12)21-27-16(10-29-7-8-34-11-17(29)22(30)31)18(23(32)33-2)20(28-21)14-4-3-13(25)9-15(14)24/h3-4,6,9,17,20H,5,7-8,10-11H2,1-2H3,(H,27,28)(H,30,31)/t17-,20-/m0/s1. The number of esters is 1. The lowest BCUT2D eigenvalue weighted by atomic mass is 9.94. The number of methoxy groups -OCH3 is 1. The van der Waals surface area contributed by atoms with E-state index in [9.17, 15) is 19.1 Å². The minimum atomic E-state index is -1.01. The average molecular weight is 535 g/mol. The number of hydrogen-bond donors (Lipinski definition) is 2. The lowest BCUT2D eigenvalue weighted by Gasteiger charge is -2.36. The SMILES string of the molecule is COC(=O)C1=C(CN2CCOC[C@H]2C(=O)O)NC(C2=C(C)CC=N2)=N[C@H]1c1ccc(F)cc1Br. The van der Waals surface area contributed by atoms with E-state index in [4.69, 9.17) is 14.5 Å². The van der Waals surface area contributed by atoms with Gasteiger partial charge in [0.2, 0.25) is 0 Å². The molecule has 11 heteroatoms. The van der Waals surface area contributed by atoms with Gasteiger partial charge in [0.25, 0.3) is 0 Å². The van der Waals surface area contributed by atoms with Crippen molar-refractivity contribution in [2.75, 3.05) is 33.4 Å². The summed E-state index contributed by atoms with van der Waals surface area (Å²) in [5.74, 6) is -1.61. The second-order valence-electron chi connectivity index (χ2n) is 8.10. The van der Waals surface area contributed by atoms with Crippen LogP contribution in [-0.4, -0.2) is 73.5 Å². The molecule has 9 nitrogen and oxygen atoms in total. The third-order valence-corrected chi connectivity index (χ3v) is 6.61. The number of carboxylic acid groups (broad SMARTS) is 1. The van der Waals surface area contributed by atoms with Crippen molar-refractivity contribution in [3.05, 3.63) is 56.6 Å². The predicted octanol–water partition coefficient (Wildman–Crippen LogP) is 2.59. The van der Waals surface area contributed by atoms with Crippen LogP contribution in [-0.2, 0) is 19.1 Å². The normalized spacial score (nSPS) is 23.1. The zero-order valence-electron chi connectivity index (χ0n) is 18.7. The second-order valence-corrected chi connectivity index (χ2v) is 8.95. The molecular formula is C23H24BrFN4O5. The number of aliphatic imine (C=N–C) groups is 2. The first kappa shape index (κ1) is 24.2. The van der Waals surface area contributed by atoms with Crippen molar-refractivity contribution in [3.63, 3.8) is 0 Å². The van der Waals surface area contributed by atoms with Crippen LogP contribution in [0, 0.1) is 5.82 Å². The number of carboxylic acids is 1. The molecule has 0 unspecified atom stereocenters. The van der Waals surface area contributed by atoms with Crippen LogP contribution in [0.15, 0.2) is 55.2 Å². The molecular weight excluding hydrogens is 511 g/mol. The van der Waals surface area contributed by atoms with E-state index in [1.54, 1.807) is 17.2 Å². The molecule has 0 saturated carbocycles. The molecule has 2 N–H and O–H groups in total. The molecule has 180 valence electrons. The quantitative estimate of drug-likeness (QED) is 0.539. The van der Waals surface area contributed by atoms with E-state index >= 15 is 0 Å². The Morgan fingerprint density at radius 3 is 2.85 bits per heavy atom. The first-order valence-corrected chi connectivity index (χ1v) is 11.5. The molecule has 3 heterocycles. The number of halogens is 2. The molecule has 1 aromatic carbocycles. The van der Waals surface area contributed by atoms with Crippen molar-refractivity contribution in [2.24, 2.45) is 9.98 Å². The van der Waals surface area contributed by atoms with Gasteiger partial charge < -0.3 is 19.9 Å². The summed E-state index contributed by atoms with van der Waals surface area (Å²) in [5, 5.41) is 12.9. The lowest BCUT2D eigenvalue weighted by molar-refractivity contribution is -0.149. The number of benzene rings is 1. The number of amidine groups is 1. The van der Waals surface area contributed by atoms with Gasteiger partial charge in [-0.05, 0) is 30.2 Å². The summed E-state index contributed by atoms with van der Waals surface area (Å²) in [4.78, 5) is 35.8. The van der Waals surface area contributed by atoms with Gasteiger partial charge in [-0.2, -0.15) is 0 Å². The molecule has 3 aliphatic heterocycles. The summed E-state index contributed by atoms with van der Waals surface area (Å²) in [5.41, 5.74) is 2.89. The number of allylic oxidation sites excluding steroid dienone is 1. The Morgan fingerprint density at radius 1 is 1.41 bits per heavy atom. The number of morpholine rings is 1. The zero-order valence-corrected chi connectivity index (χ0v) is 20.3. The van der Waals surface area contributed by atoms with Crippen LogP contribution in [0.2, 0.25) is 0 Å². The molecule has 0 bridgehead atoms. The van der Waals surface area contributed by atoms with Crippen molar-refractivity contribution in [1.82, 2.24) is 10.2 Å². The van der Waals surface area contributed by atoms with Crippen LogP contribution >= 0.6 is 15.9 Å². The fraction of sp³-hybridized carbons (Fsp3) is 0.391. The van der Waals surface area contributed by atoms with Crippen LogP contribution in [0.25, 0.3) is 0 Å². The smallest absolute Gasteiger partial charge is 0.338 e. The van der Waals surface area contributed by atoms with E-state index in [2.05, 4.69) is 26.2 Å². The fourth-order valence-electron chi connectivity index (χ4n) is 4.14. The van der Waals surface area contributed by atoms with Crippen LogP contribution in [0.1, 0.15) is 24.9 Å². The second kappa shape index (κ2) is 10.2. The van der Waals surface area contributed by atoms with E-state index in [0.29, 0.717) is 46.8 Å². The predicted molar refractivity (Wildman–Crippen MR) is 126 cm³/mol. The highest BCUT2D eigenvalue weighted by Gasteiger charge is 2.37. The number of nitrogens with zero attached hydrogens (tertiary/aromatic N) is 3. The molecule has 4 rings (SSSR count). The first-order valence-electron chi connectivity index (χ1n) is 10.7. The van der Waals surface area contributed by atoms with E-state index < -0.39 is 29.8 Å². The number of rotatable bonds is 6. The third-order valence-electron chi connectivity index (χ3n) is 5.92. The van der Waals surface area contributed by atoms with Crippen LogP contribution < -0.4 is 5.32 Å². The van der Waals surface area contributed by atoms with Gasteiger partial charge in [0.15, 0.2) is 5.84 Å². The number of carbonyl (C=O) groups excluding carboxylic acids is 1. The van der Waals surface area contributed by atoms with Gasteiger partial charge in [-0.15, -0.1) is 0 Å². The van der Waals surface area contributed by atoms with Gasteiger partial charge >= 0.3 is 11.9 Å². The molecule has 2 atom stereocenters. The van der Waals surface area contributed by atoms with Gasteiger partial charge in [0.1, 0.15) is 23.6 Å². The number of hydrogen-bond acceptors (Lipinski definition) is 8. The van der Waals surface area contributed by atoms with Crippen molar-refractivity contribution < 1.29 is 28.6 Å². The monoisotopic (exact) mass is 534 g/mol. The largest absolute Gasteiger partial charge is 0.480 e. The van der Waals surface area contributed by atoms with Crippen LogP contribution in [0.5, 0.6) is 0 Å². The van der Waals surface area contributed by atoms with E-state index in [1.165, 1.54) is 19.2 Å². The van der Waals surface area contributed by atoms with E-state index in [-0.39, 0.29) is 18.7 Å². The molecule has 1 aromatic rings. The zero-order chi connectivity index (χ0) is 24.4. The Balaban J connectivity index is 1.84. The molecule has 1 fully saturated rings. The molecule has 0 aromatic heterocycles. The molecule has 0 amide bonds. The summed E-state index contributed by atoms with van der Waals surface area (Å²) in [6.07, 6.45) is 2.45. The number of carbonyl (C=O) groups is 2. The summed E-state index contributed by atoms with van der Waals surface area (Å²) in [6, 6.07) is 2.47. The minimum Gasteiger partial charge on any atom is -0.480 e. The van der Waals surface area contributed by atoms with Crippen LogP contribution in [0.3, 0.4) is 0 Å². The first-order chi connectivity index (χ1) is 16.3. The van der Waals surface area contributed by atoms with Crippen molar-refractivity contribution in [3.8, 4) is 0 Å². The Morgan fingerprint density at radius 2 is 2.21 bits per heavy atom. The average Bonchev–Trinajstić information content (AvgIpc) is 3.24. The van der Waals surface area contributed by atoms with E-state index in [0.717, 1.165) is 5.57 Å². The van der Waals surface area contributed by atoms with Gasteiger partial charge in [0.05, 0.1) is 25.9 Å². The van der Waals surface area contributed by atoms with Crippen LogP contribution in [0.4, 0.5) is 4.39 Å². The highest BCUT2D eigenvalue weighted by Crippen LogP contribution is 2.37. The van der Waals surface area contributed by atoms with E-state index in [1.807, 2.05) is 6.92 Å². The summed E-state index contributed by atoms with van der Waals surface area (Å²) >= 11 is 3.39. The highest BCUT2D eigenvalue weighted by molar-refractivity contribution is 9.10. The van der Waals surface area contributed by atoms with Crippen molar-refractivity contribution in [1.29, 1.82) is 0 Å². The number of nitrogens with one attached hydrogen (secondary N) is 1. The van der Waals surface area contributed by atoms with Gasteiger partial charge in [-0.25, -0.2) is 9.18 Å². The van der Waals surface area contributed by atoms with Gasteiger partial charge in [-0.3, -0.25) is 19.7 Å². The lowest BCUT2D eigenvalue weighted by Crippen LogP contribution is -2.52. The fourth-order valence-corrected chi connectivity index (χ4v) is 4.71. The van der Waals surface area contributed by atoms with Gasteiger partial charge in [0, 0.05) is 35.9 Å². The molecule has 34 heavy (non-hydrogen) atoms. The Bertz CT molecular complexity index is 1150. The summed E-state index contributed by atoms with van der Waals surface area (Å²) < 4.78 is 24.7. The molecule has 0 radical (unpaired) electrons. The molecule has 0 spiro atoms. The molecule has 3 aliphatic rings.